The monoisotopic (exact) mass is 437 g/mol. The lowest BCUT2D eigenvalue weighted by Crippen LogP contribution is -2.33. The molecule has 160 valence electrons. The van der Waals surface area contributed by atoms with Gasteiger partial charge in [0, 0.05) is 6.08 Å². The summed E-state index contributed by atoms with van der Waals surface area (Å²) < 4.78 is 15.5. The SMILES string of the molecule is COc1ccc(C(NC(=O)COC(=O)/C=C/c2ccsc2)c2ccc(OC)cc2)cc1. The molecule has 1 amide bonds. The second kappa shape index (κ2) is 11.0. The van der Waals surface area contributed by atoms with Crippen molar-refractivity contribution < 1.29 is 23.8 Å². The minimum atomic E-state index is -0.577. The van der Waals surface area contributed by atoms with Gasteiger partial charge in [-0.25, -0.2) is 4.79 Å². The molecule has 0 saturated carbocycles. The number of amides is 1. The molecule has 6 nitrogen and oxygen atoms in total. The van der Waals surface area contributed by atoms with Crippen LogP contribution in [-0.4, -0.2) is 32.7 Å². The minimum absolute atomic E-state index is 0.379. The average molecular weight is 438 g/mol. The molecular formula is C24H23NO5S. The van der Waals surface area contributed by atoms with Crippen LogP contribution >= 0.6 is 11.3 Å². The smallest absolute Gasteiger partial charge is 0.331 e. The molecule has 0 radical (unpaired) electrons. The van der Waals surface area contributed by atoms with Gasteiger partial charge in [-0.1, -0.05) is 24.3 Å². The van der Waals surface area contributed by atoms with Crippen molar-refractivity contribution in [3.63, 3.8) is 0 Å². The molecule has 7 heteroatoms. The first-order valence-electron chi connectivity index (χ1n) is 9.53. The summed E-state index contributed by atoms with van der Waals surface area (Å²) in [6.45, 7) is -0.379. The van der Waals surface area contributed by atoms with Crippen LogP contribution in [0.3, 0.4) is 0 Å². The summed E-state index contributed by atoms with van der Waals surface area (Å²) in [5, 5.41) is 6.75. The van der Waals surface area contributed by atoms with Gasteiger partial charge in [0.15, 0.2) is 6.61 Å². The van der Waals surface area contributed by atoms with Crippen LogP contribution in [0.1, 0.15) is 22.7 Å². The Morgan fingerprint density at radius 3 is 2.00 bits per heavy atom. The Morgan fingerprint density at radius 2 is 1.52 bits per heavy atom. The molecule has 0 unspecified atom stereocenters. The molecule has 0 bridgehead atoms. The first-order valence-corrected chi connectivity index (χ1v) is 10.5. The molecule has 0 spiro atoms. The summed E-state index contributed by atoms with van der Waals surface area (Å²) in [5.41, 5.74) is 2.64. The Morgan fingerprint density at radius 1 is 0.935 bits per heavy atom. The van der Waals surface area contributed by atoms with Crippen LogP contribution in [0.15, 0.2) is 71.4 Å². The highest BCUT2D eigenvalue weighted by atomic mass is 32.1. The summed E-state index contributed by atoms with van der Waals surface area (Å²) in [6.07, 6.45) is 2.95. The van der Waals surface area contributed by atoms with Crippen LogP contribution in [0.25, 0.3) is 6.08 Å². The highest BCUT2D eigenvalue weighted by molar-refractivity contribution is 7.08. The van der Waals surface area contributed by atoms with Crippen LogP contribution in [0.4, 0.5) is 0 Å². The van der Waals surface area contributed by atoms with Gasteiger partial charge in [0.1, 0.15) is 11.5 Å². The van der Waals surface area contributed by atoms with E-state index in [1.165, 1.54) is 17.4 Å². The Hall–Kier alpha value is -3.58. The van der Waals surface area contributed by atoms with E-state index in [2.05, 4.69) is 5.32 Å². The quantitative estimate of drug-likeness (QED) is 0.401. The molecule has 0 aliphatic heterocycles. The predicted octanol–water partition coefficient (Wildman–Crippen LogP) is 4.23. The highest BCUT2D eigenvalue weighted by Gasteiger charge is 2.18. The molecule has 0 aliphatic rings. The van der Waals surface area contributed by atoms with Crippen molar-refractivity contribution in [1.82, 2.24) is 5.32 Å². The first kappa shape index (κ1) is 22.1. The van der Waals surface area contributed by atoms with Crippen molar-refractivity contribution in [3.05, 3.63) is 88.1 Å². The lowest BCUT2D eigenvalue weighted by Gasteiger charge is -2.20. The van der Waals surface area contributed by atoms with Crippen molar-refractivity contribution in [2.24, 2.45) is 0 Å². The van der Waals surface area contributed by atoms with Gasteiger partial charge in [0.25, 0.3) is 5.91 Å². The van der Waals surface area contributed by atoms with Crippen LogP contribution in [0.2, 0.25) is 0 Å². The van der Waals surface area contributed by atoms with Gasteiger partial charge in [-0.3, -0.25) is 4.79 Å². The molecule has 3 rings (SSSR count). The van der Waals surface area contributed by atoms with E-state index in [-0.39, 0.29) is 6.61 Å². The third kappa shape index (κ3) is 6.45. The number of thiophene rings is 1. The average Bonchev–Trinajstić information content (AvgIpc) is 3.34. The number of benzene rings is 2. The van der Waals surface area contributed by atoms with Gasteiger partial charge in [-0.2, -0.15) is 11.3 Å². The molecule has 3 aromatic rings. The van der Waals surface area contributed by atoms with Gasteiger partial charge in [-0.15, -0.1) is 0 Å². The number of hydrogen-bond acceptors (Lipinski definition) is 6. The summed E-state index contributed by atoms with van der Waals surface area (Å²) in [5.74, 6) is 0.450. The normalized spacial score (nSPS) is 10.8. The largest absolute Gasteiger partial charge is 0.497 e. The third-order valence-electron chi connectivity index (χ3n) is 4.50. The Labute approximate surface area is 185 Å². The standard InChI is InChI=1S/C24H23NO5S/c1-28-20-8-4-18(5-9-20)24(19-6-10-21(29-2)11-7-19)25-22(26)15-30-23(27)12-3-17-13-14-31-16-17/h3-14,16,24H,15H2,1-2H3,(H,25,26)/b12-3+. The number of carbonyl (C=O) groups excluding carboxylic acids is 2. The highest BCUT2D eigenvalue weighted by Crippen LogP contribution is 2.26. The van der Waals surface area contributed by atoms with Crippen molar-refractivity contribution in [2.45, 2.75) is 6.04 Å². The van der Waals surface area contributed by atoms with E-state index in [1.807, 2.05) is 65.4 Å². The van der Waals surface area contributed by atoms with Gasteiger partial charge in [0.2, 0.25) is 0 Å². The second-order valence-corrected chi connectivity index (χ2v) is 7.32. The van der Waals surface area contributed by atoms with Crippen molar-refractivity contribution >= 4 is 29.3 Å². The Kier molecular flexibility index (Phi) is 7.84. The number of hydrogen-bond donors (Lipinski definition) is 1. The molecule has 0 aliphatic carbocycles. The molecule has 0 saturated heterocycles. The molecule has 2 aromatic carbocycles. The van der Waals surface area contributed by atoms with E-state index in [1.54, 1.807) is 20.3 Å². The number of nitrogens with one attached hydrogen (secondary N) is 1. The van der Waals surface area contributed by atoms with Gasteiger partial charge >= 0.3 is 5.97 Å². The summed E-state index contributed by atoms with van der Waals surface area (Å²) >= 11 is 1.53. The fourth-order valence-corrected chi connectivity index (χ4v) is 3.50. The maximum Gasteiger partial charge on any atom is 0.331 e. The van der Waals surface area contributed by atoms with E-state index in [4.69, 9.17) is 14.2 Å². The van der Waals surface area contributed by atoms with Crippen molar-refractivity contribution in [3.8, 4) is 11.5 Å². The van der Waals surface area contributed by atoms with E-state index in [0.717, 1.165) is 28.2 Å². The summed E-state index contributed by atoms with van der Waals surface area (Å²) in [4.78, 5) is 24.4. The van der Waals surface area contributed by atoms with Gasteiger partial charge < -0.3 is 19.5 Å². The van der Waals surface area contributed by atoms with Gasteiger partial charge in [-0.05, 0) is 63.9 Å². The van der Waals surface area contributed by atoms with E-state index in [0.29, 0.717) is 0 Å². The fourth-order valence-electron chi connectivity index (χ4n) is 2.87. The number of ether oxygens (including phenoxy) is 3. The molecule has 0 atom stereocenters. The van der Waals surface area contributed by atoms with Crippen LogP contribution in [-0.2, 0) is 14.3 Å². The molecule has 1 N–H and O–H groups in total. The Bertz CT molecular complexity index is 964. The van der Waals surface area contributed by atoms with Crippen molar-refractivity contribution in [2.75, 3.05) is 20.8 Å². The summed E-state index contributed by atoms with van der Waals surface area (Å²) in [6, 6.07) is 16.3. The molecular weight excluding hydrogens is 414 g/mol. The minimum Gasteiger partial charge on any atom is -0.497 e. The predicted molar refractivity (Wildman–Crippen MR) is 120 cm³/mol. The first-order chi connectivity index (χ1) is 15.1. The lowest BCUT2D eigenvalue weighted by molar-refractivity contribution is -0.143. The topological polar surface area (TPSA) is 73.9 Å². The molecule has 0 fully saturated rings. The third-order valence-corrected chi connectivity index (χ3v) is 5.21. The van der Waals surface area contributed by atoms with E-state index < -0.39 is 17.9 Å². The maximum atomic E-state index is 12.5. The van der Waals surface area contributed by atoms with Crippen LogP contribution in [0.5, 0.6) is 11.5 Å². The number of esters is 1. The fraction of sp³-hybridized carbons (Fsp3) is 0.167. The van der Waals surface area contributed by atoms with Crippen molar-refractivity contribution in [1.29, 1.82) is 0 Å². The van der Waals surface area contributed by atoms with Gasteiger partial charge in [0.05, 0.1) is 20.3 Å². The number of carbonyl (C=O) groups is 2. The van der Waals surface area contributed by atoms with E-state index in [9.17, 15) is 9.59 Å². The number of rotatable bonds is 9. The maximum absolute atomic E-state index is 12.5. The molecule has 1 heterocycles. The molecule has 1 aromatic heterocycles. The molecule has 31 heavy (non-hydrogen) atoms. The number of methoxy groups -OCH3 is 2. The zero-order chi connectivity index (χ0) is 22.1. The Balaban J connectivity index is 1.67. The zero-order valence-electron chi connectivity index (χ0n) is 17.2. The van der Waals surface area contributed by atoms with E-state index >= 15 is 0 Å². The van der Waals surface area contributed by atoms with Crippen LogP contribution < -0.4 is 14.8 Å². The zero-order valence-corrected chi connectivity index (χ0v) is 18.1. The second-order valence-electron chi connectivity index (χ2n) is 6.54. The lowest BCUT2D eigenvalue weighted by atomic mass is 9.98. The van der Waals surface area contributed by atoms with Crippen LogP contribution in [0, 0.1) is 0 Å². The summed E-state index contributed by atoms with van der Waals surface area (Å²) in [7, 11) is 3.19.